The van der Waals surface area contributed by atoms with Crippen LogP contribution >= 0.6 is 0 Å². The third-order valence-electron chi connectivity index (χ3n) is 5.88. The van der Waals surface area contributed by atoms with Crippen molar-refractivity contribution in [1.29, 1.82) is 0 Å². The van der Waals surface area contributed by atoms with E-state index < -0.39 is 12.1 Å². The Labute approximate surface area is 200 Å². The summed E-state index contributed by atoms with van der Waals surface area (Å²) in [4.78, 5) is 32.5. The molecule has 8 heteroatoms. The third kappa shape index (κ3) is 7.45. The van der Waals surface area contributed by atoms with Crippen molar-refractivity contribution in [1.82, 2.24) is 4.90 Å². The van der Waals surface area contributed by atoms with Gasteiger partial charge in [0.15, 0.2) is 6.61 Å². The van der Waals surface area contributed by atoms with Gasteiger partial charge in [0.25, 0.3) is 5.91 Å². The van der Waals surface area contributed by atoms with Gasteiger partial charge in [-0.1, -0.05) is 23.4 Å². The van der Waals surface area contributed by atoms with E-state index >= 15 is 0 Å². The SMILES string of the molecule is Cc1cc(O)cc2c1C(=O)O[C@H](C)C/C=C/C(O)C/C=C/C(=N\OCC(=O)N1CCCCC1)C2. The normalized spacial score (nSPS) is 25.1. The zero-order chi connectivity index (χ0) is 24.5. The molecule has 0 radical (unpaired) electrons. The molecule has 1 aromatic rings. The molecule has 0 aromatic heterocycles. The number of carbonyl (C=O) groups excluding carboxylic acids is 2. The van der Waals surface area contributed by atoms with Gasteiger partial charge in [-0.3, -0.25) is 4.79 Å². The molecule has 0 saturated carbocycles. The number of esters is 1. The first-order valence-electron chi connectivity index (χ1n) is 11.8. The molecule has 0 spiro atoms. The minimum Gasteiger partial charge on any atom is -0.508 e. The molecular formula is C26H34N2O6. The number of likely N-dealkylation sites (tertiary alicyclic amines) is 1. The summed E-state index contributed by atoms with van der Waals surface area (Å²) in [5.41, 5.74) is 1.95. The highest BCUT2D eigenvalue weighted by Crippen LogP contribution is 2.24. The molecule has 1 unspecified atom stereocenters. The van der Waals surface area contributed by atoms with Crippen molar-refractivity contribution in [3.63, 3.8) is 0 Å². The number of aliphatic hydroxyl groups is 1. The number of piperidine rings is 1. The smallest absolute Gasteiger partial charge is 0.338 e. The van der Waals surface area contributed by atoms with Gasteiger partial charge in [0.05, 0.1) is 17.4 Å². The van der Waals surface area contributed by atoms with E-state index in [0.717, 1.165) is 32.4 Å². The average Bonchev–Trinajstić information content (AvgIpc) is 2.78. The van der Waals surface area contributed by atoms with E-state index in [0.29, 0.717) is 35.2 Å². The number of oxime groups is 1. The van der Waals surface area contributed by atoms with E-state index in [4.69, 9.17) is 9.57 Å². The lowest BCUT2D eigenvalue weighted by molar-refractivity contribution is -0.137. The number of phenolic OH excluding ortho intramolecular Hbond substituents is 1. The molecule has 1 amide bonds. The van der Waals surface area contributed by atoms with E-state index in [1.165, 1.54) is 12.1 Å². The first-order valence-corrected chi connectivity index (χ1v) is 11.8. The number of hydrogen-bond donors (Lipinski definition) is 2. The number of cyclic esters (lactones) is 1. The number of carbonyl (C=O) groups is 2. The molecular weight excluding hydrogens is 436 g/mol. The van der Waals surface area contributed by atoms with Gasteiger partial charge in [0, 0.05) is 25.9 Å². The van der Waals surface area contributed by atoms with Crippen molar-refractivity contribution in [3.8, 4) is 5.75 Å². The number of aromatic hydroxyl groups is 1. The summed E-state index contributed by atoms with van der Waals surface area (Å²) in [6.45, 7) is 4.82. The summed E-state index contributed by atoms with van der Waals surface area (Å²) >= 11 is 0. The molecule has 2 heterocycles. The van der Waals surface area contributed by atoms with Crippen LogP contribution in [0, 0.1) is 6.92 Å². The fourth-order valence-corrected chi connectivity index (χ4v) is 4.13. The fourth-order valence-electron chi connectivity index (χ4n) is 4.13. The molecule has 2 aliphatic heterocycles. The zero-order valence-electron chi connectivity index (χ0n) is 19.9. The quantitative estimate of drug-likeness (QED) is 0.398. The van der Waals surface area contributed by atoms with Gasteiger partial charge in [0.1, 0.15) is 11.9 Å². The predicted octanol–water partition coefficient (Wildman–Crippen LogP) is 3.44. The molecule has 3 rings (SSSR count). The number of hydrogen-bond acceptors (Lipinski definition) is 7. The number of aliphatic hydroxyl groups excluding tert-OH is 1. The van der Waals surface area contributed by atoms with Crippen molar-refractivity contribution < 1.29 is 29.4 Å². The Bertz CT molecular complexity index is 962. The molecule has 2 atom stereocenters. The van der Waals surface area contributed by atoms with E-state index in [2.05, 4.69) is 5.16 Å². The second-order valence-corrected chi connectivity index (χ2v) is 8.86. The standard InChI is InChI=1S/C26H34N2O6/c1-18-14-23(30)16-20-15-21(27-33-17-24(31)28-12-4-3-5-13-28)9-7-11-22(29)10-6-8-19(2)34-26(32)25(18)20/h6-7,9-10,14,16,19,22,29-30H,3-5,8,11-13,15,17H2,1-2H3/b9-7+,10-6+,27-21+/t19-,22?/m1/s1. The maximum atomic E-state index is 13.0. The zero-order valence-corrected chi connectivity index (χ0v) is 19.9. The molecule has 1 saturated heterocycles. The molecule has 1 aromatic carbocycles. The van der Waals surface area contributed by atoms with E-state index in [-0.39, 0.29) is 30.8 Å². The van der Waals surface area contributed by atoms with Gasteiger partial charge >= 0.3 is 5.97 Å². The molecule has 34 heavy (non-hydrogen) atoms. The van der Waals surface area contributed by atoms with Crippen LogP contribution in [-0.4, -0.2) is 64.6 Å². The number of ether oxygens (including phenoxy) is 1. The van der Waals surface area contributed by atoms with Crippen LogP contribution in [0.25, 0.3) is 0 Å². The number of benzene rings is 1. The van der Waals surface area contributed by atoms with Crippen LogP contribution in [0.4, 0.5) is 0 Å². The summed E-state index contributed by atoms with van der Waals surface area (Å²) in [5, 5.41) is 24.5. The highest BCUT2D eigenvalue weighted by molar-refractivity contribution is 6.00. The number of nitrogens with zero attached hydrogens (tertiary/aromatic N) is 2. The summed E-state index contributed by atoms with van der Waals surface area (Å²) in [6.07, 6.45) is 9.99. The summed E-state index contributed by atoms with van der Waals surface area (Å²) in [6, 6.07) is 3.03. The van der Waals surface area contributed by atoms with Crippen molar-refractivity contribution in [2.75, 3.05) is 19.7 Å². The van der Waals surface area contributed by atoms with Gasteiger partial charge in [-0.05, 0) is 68.9 Å². The topological polar surface area (TPSA) is 109 Å². The lowest BCUT2D eigenvalue weighted by Gasteiger charge is -2.26. The van der Waals surface area contributed by atoms with Crippen molar-refractivity contribution in [2.24, 2.45) is 5.16 Å². The first-order chi connectivity index (χ1) is 16.3. The number of aryl methyl sites for hydroxylation is 1. The molecule has 0 aliphatic carbocycles. The lowest BCUT2D eigenvalue weighted by atomic mass is 9.96. The summed E-state index contributed by atoms with van der Waals surface area (Å²) < 4.78 is 5.60. The van der Waals surface area contributed by atoms with E-state index in [1.807, 2.05) is 0 Å². The Balaban J connectivity index is 1.86. The molecule has 1 fully saturated rings. The van der Waals surface area contributed by atoms with Crippen LogP contribution in [0.1, 0.15) is 60.5 Å². The minimum absolute atomic E-state index is 0.0288. The Hall–Kier alpha value is -3.13. The highest BCUT2D eigenvalue weighted by atomic mass is 16.6. The van der Waals surface area contributed by atoms with Crippen molar-refractivity contribution in [3.05, 3.63) is 53.1 Å². The van der Waals surface area contributed by atoms with Gasteiger partial charge < -0.3 is 24.7 Å². The second kappa shape index (κ2) is 12.4. The van der Waals surface area contributed by atoms with Crippen molar-refractivity contribution in [2.45, 2.75) is 64.6 Å². The van der Waals surface area contributed by atoms with Crippen LogP contribution in [0.15, 0.2) is 41.6 Å². The highest BCUT2D eigenvalue weighted by Gasteiger charge is 2.21. The van der Waals surface area contributed by atoms with Crippen molar-refractivity contribution >= 4 is 17.6 Å². The maximum absolute atomic E-state index is 13.0. The Morgan fingerprint density at radius 1 is 1.21 bits per heavy atom. The Morgan fingerprint density at radius 2 is 1.97 bits per heavy atom. The molecule has 2 N–H and O–H groups in total. The Morgan fingerprint density at radius 3 is 2.74 bits per heavy atom. The largest absolute Gasteiger partial charge is 0.508 e. The van der Waals surface area contributed by atoms with Crippen LogP contribution in [0.3, 0.4) is 0 Å². The van der Waals surface area contributed by atoms with Crippen LogP contribution in [-0.2, 0) is 20.8 Å². The molecule has 8 nitrogen and oxygen atoms in total. The van der Waals surface area contributed by atoms with Gasteiger partial charge in [-0.2, -0.15) is 0 Å². The maximum Gasteiger partial charge on any atom is 0.338 e. The predicted molar refractivity (Wildman–Crippen MR) is 129 cm³/mol. The number of fused-ring (bicyclic) bond motifs is 1. The number of allylic oxidation sites excluding steroid dienone is 1. The minimum atomic E-state index is -0.691. The number of phenols is 1. The van der Waals surface area contributed by atoms with Gasteiger partial charge in [0.2, 0.25) is 0 Å². The van der Waals surface area contributed by atoms with E-state index in [9.17, 15) is 19.8 Å². The molecule has 184 valence electrons. The monoisotopic (exact) mass is 470 g/mol. The Kier molecular flexibility index (Phi) is 9.27. The second-order valence-electron chi connectivity index (χ2n) is 8.86. The number of amides is 1. The summed E-state index contributed by atoms with van der Waals surface area (Å²) in [7, 11) is 0. The van der Waals surface area contributed by atoms with Crippen LogP contribution in [0.2, 0.25) is 0 Å². The lowest BCUT2D eigenvalue weighted by Crippen LogP contribution is -2.37. The first kappa shape index (κ1) is 25.5. The molecule has 2 aliphatic rings. The number of rotatable bonds is 3. The van der Waals surface area contributed by atoms with Gasteiger partial charge in [-0.15, -0.1) is 0 Å². The molecule has 0 bridgehead atoms. The summed E-state index contributed by atoms with van der Waals surface area (Å²) in [5.74, 6) is -0.572. The van der Waals surface area contributed by atoms with Gasteiger partial charge in [-0.25, -0.2) is 4.79 Å². The van der Waals surface area contributed by atoms with E-state index in [1.54, 1.807) is 43.1 Å². The van der Waals surface area contributed by atoms with Crippen LogP contribution < -0.4 is 0 Å². The average molecular weight is 471 g/mol. The fraction of sp³-hybridized carbons (Fsp3) is 0.500. The van der Waals surface area contributed by atoms with Crippen LogP contribution in [0.5, 0.6) is 5.75 Å². The third-order valence-corrected chi connectivity index (χ3v) is 5.88.